The summed E-state index contributed by atoms with van der Waals surface area (Å²) in [5.74, 6) is 0.228. The van der Waals surface area contributed by atoms with Gasteiger partial charge in [0.15, 0.2) is 0 Å². The van der Waals surface area contributed by atoms with Crippen LogP contribution in [0.25, 0.3) is 0 Å². The number of hydrogen-bond donors (Lipinski definition) is 0. The van der Waals surface area contributed by atoms with E-state index in [9.17, 15) is 9.18 Å². The highest BCUT2D eigenvalue weighted by molar-refractivity contribution is 5.92. The summed E-state index contributed by atoms with van der Waals surface area (Å²) in [6.07, 6.45) is -0.502. The van der Waals surface area contributed by atoms with Gasteiger partial charge in [-0.2, -0.15) is 0 Å². The lowest BCUT2D eigenvalue weighted by Crippen LogP contribution is -2.10. The number of halogens is 1. The van der Waals surface area contributed by atoms with Crippen LogP contribution in [0.2, 0.25) is 0 Å². The van der Waals surface area contributed by atoms with Crippen molar-refractivity contribution < 1.29 is 18.7 Å². The van der Waals surface area contributed by atoms with Gasteiger partial charge >= 0.3 is 5.97 Å². The monoisotopic (exact) mass is 336 g/mol. The van der Waals surface area contributed by atoms with Crippen LogP contribution in [0.3, 0.4) is 0 Å². The van der Waals surface area contributed by atoms with E-state index < -0.39 is 12.1 Å². The average molecular weight is 336 g/mol. The van der Waals surface area contributed by atoms with Crippen LogP contribution < -0.4 is 4.74 Å². The molecule has 0 saturated carbocycles. The first-order valence-corrected chi connectivity index (χ1v) is 7.92. The number of para-hydroxylation sites is 2. The first-order valence-electron chi connectivity index (χ1n) is 7.92. The highest BCUT2D eigenvalue weighted by Gasteiger charge is 2.18. The first-order chi connectivity index (χ1) is 12.1. The maximum Gasteiger partial charge on any atom is 0.342 e. The molecule has 3 nitrogen and oxygen atoms in total. The lowest BCUT2D eigenvalue weighted by Gasteiger charge is -2.15. The van der Waals surface area contributed by atoms with Gasteiger partial charge in [-0.05, 0) is 48.9 Å². The van der Waals surface area contributed by atoms with Gasteiger partial charge in [0, 0.05) is 0 Å². The lowest BCUT2D eigenvalue weighted by molar-refractivity contribution is 0.0335. The van der Waals surface area contributed by atoms with E-state index >= 15 is 0 Å². The molecule has 0 heterocycles. The standard InChI is InChI=1S/C21H17FO3/c1-15(16-11-13-17(22)14-12-16)24-21(23)19-9-5-6-10-20(19)25-18-7-3-2-4-8-18/h2-15H,1H3/t15-/m1/s1. The zero-order chi connectivity index (χ0) is 17.6. The van der Waals surface area contributed by atoms with Crippen LogP contribution in [0.15, 0.2) is 78.9 Å². The van der Waals surface area contributed by atoms with E-state index in [1.165, 1.54) is 12.1 Å². The number of carbonyl (C=O) groups is 1. The van der Waals surface area contributed by atoms with Gasteiger partial charge in [-0.25, -0.2) is 9.18 Å². The van der Waals surface area contributed by atoms with E-state index in [0.29, 0.717) is 17.1 Å². The van der Waals surface area contributed by atoms with Crippen molar-refractivity contribution in [1.82, 2.24) is 0 Å². The van der Waals surface area contributed by atoms with Crippen molar-refractivity contribution in [2.45, 2.75) is 13.0 Å². The second kappa shape index (κ2) is 7.62. The number of ether oxygens (including phenoxy) is 2. The summed E-state index contributed by atoms with van der Waals surface area (Å²) in [5.41, 5.74) is 1.05. The summed E-state index contributed by atoms with van der Waals surface area (Å²) in [6.45, 7) is 1.74. The Morgan fingerprint density at radius 3 is 2.24 bits per heavy atom. The van der Waals surface area contributed by atoms with Crippen LogP contribution in [0.4, 0.5) is 4.39 Å². The van der Waals surface area contributed by atoms with Crippen molar-refractivity contribution in [2.24, 2.45) is 0 Å². The van der Waals surface area contributed by atoms with Gasteiger partial charge in [0.2, 0.25) is 0 Å². The zero-order valence-corrected chi connectivity index (χ0v) is 13.7. The molecule has 126 valence electrons. The topological polar surface area (TPSA) is 35.5 Å². The van der Waals surface area contributed by atoms with Crippen molar-refractivity contribution >= 4 is 5.97 Å². The van der Waals surface area contributed by atoms with Crippen LogP contribution in [0.5, 0.6) is 11.5 Å². The van der Waals surface area contributed by atoms with E-state index in [2.05, 4.69) is 0 Å². The molecule has 0 unspecified atom stereocenters. The minimum atomic E-state index is -0.502. The molecule has 0 bridgehead atoms. The van der Waals surface area contributed by atoms with Crippen molar-refractivity contribution in [1.29, 1.82) is 0 Å². The molecule has 25 heavy (non-hydrogen) atoms. The maximum atomic E-state index is 13.0. The molecule has 0 aliphatic carbocycles. The van der Waals surface area contributed by atoms with Crippen LogP contribution >= 0.6 is 0 Å². The first kappa shape index (κ1) is 16.7. The largest absolute Gasteiger partial charge is 0.456 e. The van der Waals surface area contributed by atoms with Gasteiger partial charge in [-0.15, -0.1) is 0 Å². The molecule has 0 amide bonds. The molecule has 0 aliphatic heterocycles. The van der Waals surface area contributed by atoms with Gasteiger partial charge in [0.05, 0.1) is 0 Å². The van der Waals surface area contributed by atoms with E-state index in [-0.39, 0.29) is 5.82 Å². The van der Waals surface area contributed by atoms with E-state index in [0.717, 1.165) is 5.56 Å². The summed E-state index contributed by atoms with van der Waals surface area (Å²) in [4.78, 5) is 12.5. The Hall–Kier alpha value is -3.14. The Bertz CT molecular complexity index is 845. The van der Waals surface area contributed by atoms with Gasteiger partial charge in [-0.3, -0.25) is 0 Å². The molecule has 0 radical (unpaired) electrons. The Balaban J connectivity index is 1.77. The molecule has 0 saturated heterocycles. The molecule has 3 aromatic carbocycles. The molecule has 3 rings (SSSR count). The quantitative estimate of drug-likeness (QED) is 0.574. The molecule has 0 aliphatic rings. The number of rotatable bonds is 5. The van der Waals surface area contributed by atoms with Crippen LogP contribution in [-0.2, 0) is 4.74 Å². The van der Waals surface area contributed by atoms with Gasteiger partial charge in [0.1, 0.15) is 29.0 Å². The number of hydrogen-bond acceptors (Lipinski definition) is 3. The van der Waals surface area contributed by atoms with Crippen molar-refractivity contribution in [3.05, 3.63) is 95.8 Å². The number of esters is 1. The third kappa shape index (κ3) is 4.23. The van der Waals surface area contributed by atoms with Crippen LogP contribution in [0, 0.1) is 5.82 Å². The third-order valence-electron chi connectivity index (χ3n) is 3.70. The fourth-order valence-electron chi connectivity index (χ4n) is 2.37. The molecule has 0 fully saturated rings. The summed E-state index contributed by atoms with van der Waals surface area (Å²) in [6, 6.07) is 22.0. The molecule has 0 N–H and O–H groups in total. The van der Waals surface area contributed by atoms with Crippen molar-refractivity contribution in [3.63, 3.8) is 0 Å². The predicted molar refractivity (Wildman–Crippen MR) is 93.2 cm³/mol. The van der Waals surface area contributed by atoms with Crippen LogP contribution in [0.1, 0.15) is 28.9 Å². The van der Waals surface area contributed by atoms with E-state index in [4.69, 9.17) is 9.47 Å². The second-order valence-electron chi connectivity index (χ2n) is 5.51. The van der Waals surface area contributed by atoms with E-state index in [1.807, 2.05) is 30.3 Å². The second-order valence-corrected chi connectivity index (χ2v) is 5.51. The Labute approximate surface area is 145 Å². The molecular formula is C21H17FO3. The van der Waals surface area contributed by atoms with Crippen LogP contribution in [-0.4, -0.2) is 5.97 Å². The molecule has 0 spiro atoms. The SMILES string of the molecule is C[C@@H](OC(=O)c1ccccc1Oc1ccccc1)c1ccc(F)cc1. The Morgan fingerprint density at radius 2 is 1.52 bits per heavy atom. The molecule has 4 heteroatoms. The summed E-state index contributed by atoms with van der Waals surface area (Å²) < 4.78 is 24.3. The molecule has 1 atom stereocenters. The minimum Gasteiger partial charge on any atom is -0.456 e. The molecule has 3 aromatic rings. The van der Waals surface area contributed by atoms with Gasteiger partial charge in [-0.1, -0.05) is 42.5 Å². The number of benzene rings is 3. The highest BCUT2D eigenvalue weighted by Crippen LogP contribution is 2.27. The minimum absolute atomic E-state index is 0.330. The fourth-order valence-corrected chi connectivity index (χ4v) is 2.37. The number of carbonyl (C=O) groups excluding carboxylic acids is 1. The Morgan fingerprint density at radius 1 is 0.880 bits per heavy atom. The summed E-state index contributed by atoms with van der Waals surface area (Å²) in [5, 5.41) is 0. The third-order valence-corrected chi connectivity index (χ3v) is 3.70. The maximum absolute atomic E-state index is 13.0. The van der Waals surface area contributed by atoms with Crippen molar-refractivity contribution in [2.75, 3.05) is 0 Å². The van der Waals surface area contributed by atoms with E-state index in [1.54, 1.807) is 43.3 Å². The van der Waals surface area contributed by atoms with Gasteiger partial charge < -0.3 is 9.47 Å². The fraction of sp³-hybridized carbons (Fsp3) is 0.0952. The lowest BCUT2D eigenvalue weighted by atomic mass is 10.1. The predicted octanol–water partition coefficient (Wildman–Crippen LogP) is 5.54. The van der Waals surface area contributed by atoms with Gasteiger partial charge in [0.25, 0.3) is 0 Å². The zero-order valence-electron chi connectivity index (χ0n) is 13.7. The van der Waals surface area contributed by atoms with Crippen molar-refractivity contribution in [3.8, 4) is 11.5 Å². The smallest absolute Gasteiger partial charge is 0.342 e. The normalized spacial score (nSPS) is 11.6. The summed E-state index contributed by atoms with van der Waals surface area (Å²) >= 11 is 0. The average Bonchev–Trinajstić information content (AvgIpc) is 2.63. The highest BCUT2D eigenvalue weighted by atomic mass is 19.1. The Kier molecular flexibility index (Phi) is 5.09. The molecule has 0 aromatic heterocycles. The summed E-state index contributed by atoms with van der Waals surface area (Å²) in [7, 11) is 0. The molecular weight excluding hydrogens is 319 g/mol.